The zero-order valence-electron chi connectivity index (χ0n) is 9.11. The zero-order valence-corrected chi connectivity index (χ0v) is 9.11. The Balaban J connectivity index is 3.06. The Morgan fingerprint density at radius 1 is 1.44 bits per heavy atom. The Morgan fingerprint density at radius 2 is 2.12 bits per heavy atom. The second-order valence-corrected chi connectivity index (χ2v) is 3.12. The normalized spacial score (nSPS) is 9.62. The van der Waals surface area contributed by atoms with Crippen LogP contribution in [-0.4, -0.2) is 24.1 Å². The van der Waals surface area contributed by atoms with Gasteiger partial charge in [0.1, 0.15) is 5.75 Å². The molecule has 16 heavy (non-hydrogen) atoms. The molecule has 0 bridgehead atoms. The summed E-state index contributed by atoms with van der Waals surface area (Å²) in [5.41, 5.74) is 0.474. The highest BCUT2D eigenvalue weighted by Crippen LogP contribution is 2.25. The molecule has 0 fully saturated rings. The standard InChI is InChI=1S/C11H13NO4/c1-3-10(13)12-8-6-7(11(14)15)4-5-9(8)16-2/h4-6H,3H2,1-2H3,(H,12,13)(H,14,15). The van der Waals surface area contributed by atoms with Gasteiger partial charge in [-0.1, -0.05) is 6.92 Å². The van der Waals surface area contributed by atoms with Crippen molar-refractivity contribution in [1.29, 1.82) is 0 Å². The van der Waals surface area contributed by atoms with Gasteiger partial charge < -0.3 is 15.2 Å². The number of carboxylic acids is 1. The Bertz CT molecular complexity index is 414. The highest BCUT2D eigenvalue weighted by Gasteiger charge is 2.10. The molecule has 5 nitrogen and oxygen atoms in total. The number of aromatic carboxylic acids is 1. The second kappa shape index (κ2) is 5.16. The molecule has 1 amide bonds. The van der Waals surface area contributed by atoms with Gasteiger partial charge in [0, 0.05) is 6.42 Å². The van der Waals surface area contributed by atoms with Crippen LogP contribution in [0.25, 0.3) is 0 Å². The Morgan fingerprint density at radius 3 is 2.62 bits per heavy atom. The van der Waals surface area contributed by atoms with E-state index in [-0.39, 0.29) is 11.5 Å². The third kappa shape index (κ3) is 2.73. The van der Waals surface area contributed by atoms with Gasteiger partial charge in [-0.15, -0.1) is 0 Å². The summed E-state index contributed by atoms with van der Waals surface area (Å²) in [4.78, 5) is 22.0. The van der Waals surface area contributed by atoms with Crippen molar-refractivity contribution >= 4 is 17.6 Å². The molecule has 0 aliphatic rings. The summed E-state index contributed by atoms with van der Waals surface area (Å²) in [6.07, 6.45) is 0.320. The largest absolute Gasteiger partial charge is 0.495 e. The van der Waals surface area contributed by atoms with E-state index in [1.54, 1.807) is 6.92 Å². The van der Waals surface area contributed by atoms with E-state index in [0.717, 1.165) is 0 Å². The molecule has 0 unspecified atom stereocenters. The quantitative estimate of drug-likeness (QED) is 0.815. The van der Waals surface area contributed by atoms with Crippen LogP contribution >= 0.6 is 0 Å². The van der Waals surface area contributed by atoms with E-state index in [0.29, 0.717) is 17.9 Å². The molecule has 0 aliphatic heterocycles. The molecule has 5 heteroatoms. The fourth-order valence-corrected chi connectivity index (χ4v) is 1.18. The average Bonchev–Trinajstić information content (AvgIpc) is 2.28. The van der Waals surface area contributed by atoms with Gasteiger partial charge in [0.25, 0.3) is 0 Å². The number of hydrogen-bond donors (Lipinski definition) is 2. The lowest BCUT2D eigenvalue weighted by Crippen LogP contribution is -2.11. The number of anilines is 1. The van der Waals surface area contributed by atoms with Crippen LogP contribution in [0.5, 0.6) is 5.75 Å². The van der Waals surface area contributed by atoms with Crippen molar-refractivity contribution in [3.05, 3.63) is 23.8 Å². The predicted octanol–water partition coefficient (Wildman–Crippen LogP) is 1.74. The van der Waals surface area contributed by atoms with Gasteiger partial charge in [-0.2, -0.15) is 0 Å². The highest BCUT2D eigenvalue weighted by molar-refractivity contribution is 5.95. The number of carbonyl (C=O) groups is 2. The lowest BCUT2D eigenvalue weighted by molar-refractivity contribution is -0.115. The van der Waals surface area contributed by atoms with Gasteiger partial charge in [-0.25, -0.2) is 4.79 Å². The molecular weight excluding hydrogens is 210 g/mol. The van der Waals surface area contributed by atoms with Crippen molar-refractivity contribution < 1.29 is 19.4 Å². The minimum atomic E-state index is -1.05. The van der Waals surface area contributed by atoms with E-state index in [9.17, 15) is 9.59 Å². The maximum absolute atomic E-state index is 11.2. The second-order valence-electron chi connectivity index (χ2n) is 3.12. The van der Waals surface area contributed by atoms with Gasteiger partial charge in [-0.05, 0) is 18.2 Å². The van der Waals surface area contributed by atoms with Gasteiger partial charge in [0.2, 0.25) is 5.91 Å². The van der Waals surface area contributed by atoms with Crippen LogP contribution in [0.15, 0.2) is 18.2 Å². The van der Waals surface area contributed by atoms with Crippen LogP contribution in [0.2, 0.25) is 0 Å². The number of benzene rings is 1. The number of ether oxygens (including phenoxy) is 1. The molecule has 0 saturated heterocycles. The molecule has 1 aromatic rings. The average molecular weight is 223 g/mol. The number of hydrogen-bond acceptors (Lipinski definition) is 3. The fourth-order valence-electron chi connectivity index (χ4n) is 1.18. The van der Waals surface area contributed by atoms with E-state index < -0.39 is 5.97 Å². The van der Waals surface area contributed by atoms with Crippen molar-refractivity contribution in [3.63, 3.8) is 0 Å². The van der Waals surface area contributed by atoms with Gasteiger partial charge in [0.05, 0.1) is 18.4 Å². The third-order valence-electron chi connectivity index (χ3n) is 2.04. The SMILES string of the molecule is CCC(=O)Nc1cc(C(=O)O)ccc1OC. The Hall–Kier alpha value is -2.04. The minimum Gasteiger partial charge on any atom is -0.495 e. The van der Waals surface area contributed by atoms with Crippen molar-refractivity contribution in [1.82, 2.24) is 0 Å². The van der Waals surface area contributed by atoms with Crippen LogP contribution < -0.4 is 10.1 Å². The maximum Gasteiger partial charge on any atom is 0.335 e. The summed E-state index contributed by atoms with van der Waals surface area (Å²) < 4.78 is 5.02. The summed E-state index contributed by atoms with van der Waals surface area (Å²) >= 11 is 0. The van der Waals surface area contributed by atoms with Crippen molar-refractivity contribution in [2.45, 2.75) is 13.3 Å². The fraction of sp³-hybridized carbons (Fsp3) is 0.273. The molecule has 2 N–H and O–H groups in total. The number of carboxylic acid groups (broad SMARTS) is 1. The smallest absolute Gasteiger partial charge is 0.335 e. The monoisotopic (exact) mass is 223 g/mol. The first-order valence-corrected chi connectivity index (χ1v) is 4.79. The molecule has 0 radical (unpaired) electrons. The number of carbonyl (C=O) groups excluding carboxylic acids is 1. The molecule has 1 rings (SSSR count). The topological polar surface area (TPSA) is 75.6 Å². The molecular formula is C11H13NO4. The number of rotatable bonds is 4. The minimum absolute atomic E-state index is 0.104. The molecule has 0 spiro atoms. The van der Waals surface area contributed by atoms with Gasteiger partial charge in [0.15, 0.2) is 0 Å². The summed E-state index contributed by atoms with van der Waals surface area (Å²) in [7, 11) is 1.46. The van der Waals surface area contributed by atoms with Crippen molar-refractivity contribution in [3.8, 4) is 5.75 Å². The summed E-state index contributed by atoms with van der Waals surface area (Å²) in [6.45, 7) is 1.71. The third-order valence-corrected chi connectivity index (χ3v) is 2.04. The van der Waals surface area contributed by atoms with Crippen LogP contribution in [-0.2, 0) is 4.79 Å². The first kappa shape index (κ1) is 12.0. The van der Waals surface area contributed by atoms with Crippen LogP contribution in [0, 0.1) is 0 Å². The predicted molar refractivity (Wildman–Crippen MR) is 58.9 cm³/mol. The van der Waals surface area contributed by atoms with Gasteiger partial charge in [-0.3, -0.25) is 4.79 Å². The van der Waals surface area contributed by atoms with Gasteiger partial charge >= 0.3 is 5.97 Å². The molecule has 0 heterocycles. The summed E-state index contributed by atoms with van der Waals surface area (Å²) in [5, 5.41) is 11.4. The molecule has 0 aromatic heterocycles. The highest BCUT2D eigenvalue weighted by atomic mass is 16.5. The van der Waals surface area contributed by atoms with E-state index in [2.05, 4.69) is 5.32 Å². The summed E-state index contributed by atoms with van der Waals surface area (Å²) in [5.74, 6) is -0.803. The van der Waals surface area contributed by atoms with Crippen LogP contribution in [0.3, 0.4) is 0 Å². The van der Waals surface area contributed by atoms with E-state index in [1.165, 1.54) is 25.3 Å². The van der Waals surface area contributed by atoms with Crippen LogP contribution in [0.4, 0.5) is 5.69 Å². The molecule has 0 atom stereocenters. The first-order chi connectivity index (χ1) is 7.58. The lowest BCUT2D eigenvalue weighted by Gasteiger charge is -2.10. The van der Waals surface area contributed by atoms with E-state index in [4.69, 9.17) is 9.84 Å². The van der Waals surface area contributed by atoms with Crippen molar-refractivity contribution in [2.24, 2.45) is 0 Å². The molecule has 0 aliphatic carbocycles. The lowest BCUT2D eigenvalue weighted by atomic mass is 10.2. The maximum atomic E-state index is 11.2. The van der Waals surface area contributed by atoms with Crippen LogP contribution in [0.1, 0.15) is 23.7 Å². The van der Waals surface area contributed by atoms with Crippen molar-refractivity contribution in [2.75, 3.05) is 12.4 Å². The molecule has 0 saturated carbocycles. The first-order valence-electron chi connectivity index (χ1n) is 4.79. The number of amides is 1. The molecule has 1 aromatic carbocycles. The Labute approximate surface area is 93.0 Å². The number of methoxy groups -OCH3 is 1. The van der Waals surface area contributed by atoms with E-state index >= 15 is 0 Å². The molecule has 86 valence electrons. The summed E-state index contributed by atoms with van der Waals surface area (Å²) in [6, 6.07) is 4.30. The zero-order chi connectivity index (χ0) is 12.1. The number of nitrogens with one attached hydrogen (secondary N) is 1. The van der Waals surface area contributed by atoms with E-state index in [1.807, 2.05) is 0 Å². The Kier molecular flexibility index (Phi) is 3.88.